The second-order valence-electron chi connectivity index (χ2n) is 8.16. The summed E-state index contributed by atoms with van der Waals surface area (Å²) in [5.41, 5.74) is 3.56. The molecule has 0 saturated heterocycles. The van der Waals surface area contributed by atoms with Crippen molar-refractivity contribution in [1.29, 1.82) is 0 Å². The lowest BCUT2D eigenvalue weighted by molar-refractivity contribution is 0.172. The third-order valence-electron chi connectivity index (χ3n) is 4.05. The molecule has 0 N–H and O–H groups in total. The Kier molecular flexibility index (Phi) is 4.10. The van der Waals surface area contributed by atoms with E-state index in [9.17, 15) is 0 Å². The lowest BCUT2D eigenvalue weighted by atomic mass is 9.65. The van der Waals surface area contributed by atoms with Crippen LogP contribution in [-0.2, 0) is 0 Å². The lowest BCUT2D eigenvalue weighted by Crippen LogP contribution is -2.31. The van der Waals surface area contributed by atoms with Gasteiger partial charge in [0.2, 0.25) is 0 Å². The Morgan fingerprint density at radius 1 is 0.905 bits per heavy atom. The number of nitrogens with zero attached hydrogens (tertiary/aromatic N) is 1. The lowest BCUT2D eigenvalue weighted by Gasteiger charge is -2.40. The number of rotatable bonds is 1. The second kappa shape index (κ2) is 5.28. The van der Waals surface area contributed by atoms with Crippen molar-refractivity contribution in [1.82, 2.24) is 4.98 Å². The summed E-state index contributed by atoms with van der Waals surface area (Å²) in [4.78, 5) is 4.93. The molecule has 0 aliphatic rings. The van der Waals surface area contributed by atoms with Crippen LogP contribution in [0.1, 0.15) is 58.7 Å². The molecule has 0 fully saturated rings. The van der Waals surface area contributed by atoms with Crippen molar-refractivity contribution in [3.8, 4) is 0 Å². The highest BCUT2D eigenvalue weighted by Crippen LogP contribution is 2.47. The number of hydrogen-bond acceptors (Lipinski definition) is 1. The van der Waals surface area contributed by atoms with Crippen molar-refractivity contribution in [2.24, 2.45) is 10.8 Å². The molecule has 114 valence electrons. The van der Waals surface area contributed by atoms with E-state index in [-0.39, 0.29) is 10.8 Å². The summed E-state index contributed by atoms with van der Waals surface area (Å²) < 4.78 is 0. The molecule has 1 aromatic heterocycles. The van der Waals surface area contributed by atoms with Gasteiger partial charge in [-0.15, -0.1) is 0 Å². The molecule has 0 amide bonds. The minimum atomic E-state index is 0.160. The van der Waals surface area contributed by atoms with Gasteiger partial charge in [-0.2, -0.15) is 0 Å². The van der Waals surface area contributed by atoms with E-state index in [1.165, 1.54) is 0 Å². The first kappa shape index (κ1) is 16.3. The van der Waals surface area contributed by atoms with Gasteiger partial charge in [0.25, 0.3) is 0 Å². The molecule has 0 saturated carbocycles. The van der Waals surface area contributed by atoms with E-state index in [1.54, 1.807) is 0 Å². The van der Waals surface area contributed by atoms with Crippen LogP contribution in [0.15, 0.2) is 24.3 Å². The van der Waals surface area contributed by atoms with Gasteiger partial charge >= 0.3 is 0 Å². The predicted molar refractivity (Wildman–Crippen MR) is 93.1 cm³/mol. The molecule has 0 atom stereocenters. The molecule has 2 aromatic rings. The van der Waals surface area contributed by atoms with Gasteiger partial charge in [-0.1, -0.05) is 59.2 Å². The Labute approximate surface area is 133 Å². The first-order valence-electron chi connectivity index (χ1n) is 7.57. The first-order chi connectivity index (χ1) is 9.51. The topological polar surface area (TPSA) is 12.9 Å². The van der Waals surface area contributed by atoms with Crippen LogP contribution in [-0.4, -0.2) is 4.98 Å². The number of benzene rings is 1. The van der Waals surface area contributed by atoms with Crippen molar-refractivity contribution < 1.29 is 0 Å². The van der Waals surface area contributed by atoms with Crippen LogP contribution in [0, 0.1) is 17.8 Å². The third-order valence-corrected chi connectivity index (χ3v) is 4.55. The number of aryl methyl sites for hydroxylation is 1. The quantitative estimate of drug-likeness (QED) is 0.596. The third kappa shape index (κ3) is 3.23. The SMILES string of the molecule is Cc1ccc2nc(C(C(C)(C)C)C(C)(C)C)ccc2c1Cl. The molecule has 0 aliphatic carbocycles. The number of fused-ring (bicyclic) bond motifs is 1. The van der Waals surface area contributed by atoms with Gasteiger partial charge < -0.3 is 0 Å². The molecule has 2 rings (SSSR count). The van der Waals surface area contributed by atoms with E-state index in [0.717, 1.165) is 27.2 Å². The Morgan fingerprint density at radius 2 is 1.48 bits per heavy atom. The first-order valence-corrected chi connectivity index (χ1v) is 7.95. The number of aromatic nitrogens is 1. The smallest absolute Gasteiger partial charge is 0.0720 e. The molecule has 0 aliphatic heterocycles. The molecule has 1 heterocycles. The Balaban J connectivity index is 2.64. The van der Waals surface area contributed by atoms with Crippen LogP contribution in [0.2, 0.25) is 5.02 Å². The van der Waals surface area contributed by atoms with Crippen molar-refractivity contribution in [2.45, 2.75) is 54.4 Å². The fourth-order valence-corrected chi connectivity index (χ4v) is 3.86. The Bertz CT molecular complexity index is 646. The van der Waals surface area contributed by atoms with Gasteiger partial charge in [0.15, 0.2) is 0 Å². The minimum absolute atomic E-state index is 0.160. The average Bonchev–Trinajstić information content (AvgIpc) is 2.30. The maximum Gasteiger partial charge on any atom is 0.0720 e. The largest absolute Gasteiger partial charge is 0.252 e. The van der Waals surface area contributed by atoms with Gasteiger partial charge in [0, 0.05) is 17.0 Å². The minimum Gasteiger partial charge on any atom is -0.252 e. The number of pyridine rings is 1. The molecular weight excluding hydrogens is 278 g/mol. The fraction of sp³-hybridized carbons (Fsp3) is 0.526. The molecule has 2 heteroatoms. The standard InChI is InChI=1S/C19H26ClN/c1-12-8-10-14-13(16(12)20)9-11-15(21-14)17(18(2,3)4)19(5,6)7/h8-11,17H,1-7H3. The molecule has 0 spiro atoms. The summed E-state index contributed by atoms with van der Waals surface area (Å²) in [5, 5.41) is 1.86. The van der Waals surface area contributed by atoms with Crippen LogP contribution >= 0.6 is 11.6 Å². The van der Waals surface area contributed by atoms with Gasteiger partial charge in [-0.05, 0) is 41.5 Å². The summed E-state index contributed by atoms with van der Waals surface area (Å²) in [6.45, 7) is 15.8. The Hall–Kier alpha value is -1.08. The summed E-state index contributed by atoms with van der Waals surface area (Å²) in [7, 11) is 0. The predicted octanol–water partition coefficient (Wildman–Crippen LogP) is 6.37. The van der Waals surface area contributed by atoms with Gasteiger partial charge in [0.1, 0.15) is 0 Å². The summed E-state index contributed by atoms with van der Waals surface area (Å²) in [6.07, 6.45) is 0. The highest BCUT2D eigenvalue weighted by Gasteiger charge is 2.37. The normalized spacial score (nSPS) is 13.2. The molecular formula is C19H26ClN. The van der Waals surface area contributed by atoms with E-state index < -0.39 is 0 Å². The van der Waals surface area contributed by atoms with E-state index in [4.69, 9.17) is 16.6 Å². The van der Waals surface area contributed by atoms with Crippen LogP contribution in [0.3, 0.4) is 0 Å². The van der Waals surface area contributed by atoms with E-state index in [0.29, 0.717) is 5.92 Å². The van der Waals surface area contributed by atoms with Crippen LogP contribution in [0.4, 0.5) is 0 Å². The summed E-state index contributed by atoms with van der Waals surface area (Å²) >= 11 is 6.40. The average molecular weight is 304 g/mol. The molecule has 0 unspecified atom stereocenters. The molecule has 0 bridgehead atoms. The van der Waals surface area contributed by atoms with E-state index in [2.05, 4.69) is 59.7 Å². The second-order valence-corrected chi connectivity index (χ2v) is 8.54. The molecule has 0 radical (unpaired) electrons. The van der Waals surface area contributed by atoms with E-state index >= 15 is 0 Å². The van der Waals surface area contributed by atoms with Gasteiger partial charge in [0.05, 0.1) is 10.5 Å². The van der Waals surface area contributed by atoms with Crippen molar-refractivity contribution in [3.05, 3.63) is 40.5 Å². The maximum atomic E-state index is 6.40. The van der Waals surface area contributed by atoms with Crippen LogP contribution < -0.4 is 0 Å². The summed E-state index contributed by atoms with van der Waals surface area (Å²) in [5.74, 6) is 0.384. The zero-order chi connectivity index (χ0) is 16.0. The monoisotopic (exact) mass is 303 g/mol. The molecule has 1 aromatic carbocycles. The van der Waals surface area contributed by atoms with Crippen molar-refractivity contribution in [2.75, 3.05) is 0 Å². The summed E-state index contributed by atoms with van der Waals surface area (Å²) in [6, 6.07) is 8.39. The zero-order valence-corrected chi connectivity index (χ0v) is 15.0. The van der Waals surface area contributed by atoms with Crippen LogP contribution in [0.5, 0.6) is 0 Å². The van der Waals surface area contributed by atoms with Crippen LogP contribution in [0.25, 0.3) is 10.9 Å². The van der Waals surface area contributed by atoms with Gasteiger partial charge in [-0.25, -0.2) is 0 Å². The Morgan fingerprint density at radius 3 is 2.00 bits per heavy atom. The number of hydrogen-bond donors (Lipinski definition) is 0. The maximum absolute atomic E-state index is 6.40. The highest BCUT2D eigenvalue weighted by molar-refractivity contribution is 6.36. The van der Waals surface area contributed by atoms with E-state index in [1.807, 2.05) is 13.0 Å². The highest BCUT2D eigenvalue weighted by atomic mass is 35.5. The van der Waals surface area contributed by atoms with Crippen molar-refractivity contribution >= 4 is 22.5 Å². The number of halogens is 1. The fourth-order valence-electron chi connectivity index (χ4n) is 3.64. The molecule has 21 heavy (non-hydrogen) atoms. The van der Waals surface area contributed by atoms with Gasteiger partial charge in [-0.3, -0.25) is 4.98 Å². The van der Waals surface area contributed by atoms with Crippen molar-refractivity contribution in [3.63, 3.8) is 0 Å². The zero-order valence-electron chi connectivity index (χ0n) is 14.2. The molecule has 1 nitrogen and oxygen atoms in total.